The van der Waals surface area contributed by atoms with Crippen LogP contribution in [-0.2, 0) is 6.42 Å². The monoisotopic (exact) mass is 294 g/mol. The Bertz CT molecular complexity index is 521. The molecule has 0 fully saturated rings. The van der Waals surface area contributed by atoms with Gasteiger partial charge in [0.05, 0.1) is 6.33 Å². The largest absolute Gasteiger partial charge is 0.339 e. The predicted octanol–water partition coefficient (Wildman–Crippen LogP) is 3.88. The first-order chi connectivity index (χ1) is 7.84. The summed E-state index contributed by atoms with van der Waals surface area (Å²) in [5.41, 5.74) is 3.65. The summed E-state index contributed by atoms with van der Waals surface area (Å²) in [6.45, 7) is 0. The van der Waals surface area contributed by atoms with Crippen LogP contribution in [0.4, 0.5) is 0 Å². The van der Waals surface area contributed by atoms with E-state index in [9.17, 15) is 0 Å². The molecule has 2 aromatic rings. The van der Waals surface area contributed by atoms with Gasteiger partial charge in [-0.2, -0.15) is 0 Å². The number of aromatic nitrogens is 2. The van der Waals surface area contributed by atoms with Gasteiger partial charge in [-0.15, -0.1) is 11.8 Å². The zero-order chi connectivity index (χ0) is 11.0. The van der Waals surface area contributed by atoms with Crippen LogP contribution in [0.25, 0.3) is 11.3 Å². The molecular weight excluding hydrogens is 284 g/mol. The minimum Gasteiger partial charge on any atom is -0.339 e. The molecule has 2 heterocycles. The zero-order valence-electron chi connectivity index (χ0n) is 8.66. The normalized spacial score (nSPS) is 14.8. The van der Waals surface area contributed by atoms with Crippen LogP contribution in [0, 0.1) is 0 Å². The fourth-order valence-electron chi connectivity index (χ4n) is 1.99. The molecule has 0 bridgehead atoms. The number of imidazole rings is 1. The van der Waals surface area contributed by atoms with Gasteiger partial charge in [-0.05, 0) is 52.2 Å². The van der Waals surface area contributed by atoms with Gasteiger partial charge in [0.2, 0.25) is 0 Å². The van der Waals surface area contributed by atoms with Gasteiger partial charge in [0.1, 0.15) is 10.3 Å². The number of hydrogen-bond donors (Lipinski definition) is 1. The van der Waals surface area contributed by atoms with E-state index in [1.54, 1.807) is 6.33 Å². The van der Waals surface area contributed by atoms with Crippen LogP contribution in [-0.4, -0.2) is 15.7 Å². The number of H-pyrrole nitrogens is 1. The van der Waals surface area contributed by atoms with E-state index in [-0.39, 0.29) is 0 Å². The number of benzene rings is 1. The highest BCUT2D eigenvalue weighted by molar-refractivity contribution is 9.10. The summed E-state index contributed by atoms with van der Waals surface area (Å²) in [6, 6.07) is 6.64. The minimum absolute atomic E-state index is 0.955. The van der Waals surface area contributed by atoms with E-state index in [1.807, 2.05) is 11.8 Å². The molecular formula is C12H11BrN2S. The molecule has 0 saturated carbocycles. The Balaban J connectivity index is 2.06. The van der Waals surface area contributed by atoms with Gasteiger partial charge in [-0.1, -0.05) is 6.07 Å². The molecule has 82 valence electrons. The lowest BCUT2D eigenvalue weighted by Crippen LogP contribution is -1.98. The van der Waals surface area contributed by atoms with Crippen molar-refractivity contribution in [3.05, 3.63) is 34.7 Å². The number of aryl methyl sites for hydroxylation is 1. The van der Waals surface area contributed by atoms with Crippen molar-refractivity contribution in [1.29, 1.82) is 0 Å². The molecule has 1 aliphatic rings. The van der Waals surface area contributed by atoms with Crippen molar-refractivity contribution in [2.75, 3.05) is 5.75 Å². The second-order valence-corrected chi connectivity index (χ2v) is 5.77. The second-order valence-electron chi connectivity index (χ2n) is 3.84. The summed E-state index contributed by atoms with van der Waals surface area (Å²) in [7, 11) is 0. The van der Waals surface area contributed by atoms with Gasteiger partial charge in [0.15, 0.2) is 0 Å². The molecule has 0 atom stereocenters. The van der Waals surface area contributed by atoms with E-state index >= 15 is 0 Å². The molecule has 1 aliphatic heterocycles. The van der Waals surface area contributed by atoms with Gasteiger partial charge in [0.25, 0.3) is 0 Å². The number of halogens is 1. The maximum Gasteiger partial charge on any atom is 0.110 e. The lowest BCUT2D eigenvalue weighted by atomic mass is 10.0. The van der Waals surface area contributed by atoms with E-state index in [4.69, 9.17) is 0 Å². The topological polar surface area (TPSA) is 28.7 Å². The lowest BCUT2D eigenvalue weighted by Gasteiger charge is -2.15. The van der Waals surface area contributed by atoms with E-state index in [0.717, 1.165) is 10.3 Å². The molecule has 0 amide bonds. The molecule has 2 nitrogen and oxygen atoms in total. The van der Waals surface area contributed by atoms with Crippen molar-refractivity contribution >= 4 is 27.7 Å². The Kier molecular flexibility index (Phi) is 2.77. The van der Waals surface area contributed by atoms with Crippen molar-refractivity contribution in [1.82, 2.24) is 9.97 Å². The van der Waals surface area contributed by atoms with Crippen molar-refractivity contribution in [3.8, 4) is 11.3 Å². The van der Waals surface area contributed by atoms with Gasteiger partial charge in [0, 0.05) is 10.5 Å². The molecule has 0 aliphatic carbocycles. The molecule has 1 aromatic carbocycles. The summed E-state index contributed by atoms with van der Waals surface area (Å²) in [5.74, 6) is 1.25. The highest BCUT2D eigenvalue weighted by Crippen LogP contribution is 2.34. The van der Waals surface area contributed by atoms with Gasteiger partial charge < -0.3 is 4.98 Å². The van der Waals surface area contributed by atoms with Gasteiger partial charge in [-0.25, -0.2) is 4.98 Å². The quantitative estimate of drug-likeness (QED) is 0.865. The summed E-state index contributed by atoms with van der Waals surface area (Å²) in [6.07, 6.45) is 4.19. The third-order valence-corrected chi connectivity index (χ3v) is 4.58. The summed E-state index contributed by atoms with van der Waals surface area (Å²) in [4.78, 5) is 8.81. The number of rotatable bonds is 1. The predicted molar refractivity (Wildman–Crippen MR) is 70.8 cm³/mol. The molecule has 1 aromatic heterocycles. The highest BCUT2D eigenvalue weighted by atomic mass is 79.9. The van der Waals surface area contributed by atoms with Gasteiger partial charge >= 0.3 is 0 Å². The van der Waals surface area contributed by atoms with Crippen LogP contribution in [0.5, 0.6) is 0 Å². The minimum atomic E-state index is 0.955. The average Bonchev–Trinajstić information content (AvgIpc) is 2.75. The second kappa shape index (κ2) is 4.26. The van der Waals surface area contributed by atoms with E-state index in [2.05, 4.69) is 44.1 Å². The van der Waals surface area contributed by atoms with Crippen LogP contribution in [0.1, 0.15) is 12.0 Å². The van der Waals surface area contributed by atoms with E-state index in [1.165, 1.54) is 34.6 Å². The Labute approximate surface area is 107 Å². The van der Waals surface area contributed by atoms with Crippen molar-refractivity contribution < 1.29 is 0 Å². The first kappa shape index (κ1) is 10.4. The fourth-order valence-corrected chi connectivity index (χ4v) is 3.44. The summed E-state index contributed by atoms with van der Waals surface area (Å²) in [5, 5.41) is 0. The molecule has 0 radical (unpaired) electrons. The van der Waals surface area contributed by atoms with Gasteiger partial charge in [-0.3, -0.25) is 0 Å². The Morgan fingerprint density at radius 2 is 2.31 bits per heavy atom. The van der Waals surface area contributed by atoms with Crippen LogP contribution in [0.2, 0.25) is 0 Å². The van der Waals surface area contributed by atoms with E-state index < -0.39 is 0 Å². The number of hydrogen-bond acceptors (Lipinski definition) is 2. The fraction of sp³-hybridized carbons (Fsp3) is 0.250. The zero-order valence-corrected chi connectivity index (χ0v) is 11.1. The number of nitrogens with zero attached hydrogens (tertiary/aromatic N) is 1. The van der Waals surface area contributed by atoms with Crippen LogP contribution < -0.4 is 0 Å². The molecule has 4 heteroatoms. The highest BCUT2D eigenvalue weighted by Gasteiger charge is 2.12. The molecule has 0 saturated heterocycles. The van der Waals surface area contributed by atoms with Crippen LogP contribution in [0.3, 0.4) is 0 Å². The SMILES string of the molecule is Brc1[nH]cnc1-c1ccc2c(c1)CCCS2. The lowest BCUT2D eigenvalue weighted by molar-refractivity contribution is 0.890. The Morgan fingerprint density at radius 1 is 1.38 bits per heavy atom. The number of fused-ring (bicyclic) bond motifs is 1. The summed E-state index contributed by atoms with van der Waals surface area (Å²) < 4.78 is 0.955. The van der Waals surface area contributed by atoms with Crippen LogP contribution >= 0.6 is 27.7 Å². The molecule has 1 N–H and O–H groups in total. The maximum absolute atomic E-state index is 4.33. The van der Waals surface area contributed by atoms with E-state index in [0.29, 0.717) is 0 Å². The van der Waals surface area contributed by atoms with Crippen LogP contribution in [0.15, 0.2) is 34.0 Å². The molecule has 16 heavy (non-hydrogen) atoms. The number of thioether (sulfide) groups is 1. The first-order valence-corrected chi connectivity index (χ1v) is 7.07. The summed E-state index contributed by atoms with van der Waals surface area (Å²) >= 11 is 5.43. The third-order valence-electron chi connectivity index (χ3n) is 2.77. The van der Waals surface area contributed by atoms with Crippen molar-refractivity contribution in [2.45, 2.75) is 17.7 Å². The standard InChI is InChI=1S/C12H11BrN2S/c13-12-11(14-7-15-12)9-3-4-10-8(6-9)2-1-5-16-10/h3-4,6-7H,1-2,5H2,(H,14,15). The van der Waals surface area contributed by atoms with Crippen molar-refractivity contribution in [2.24, 2.45) is 0 Å². The first-order valence-electron chi connectivity index (χ1n) is 5.29. The number of aromatic amines is 1. The molecule has 0 spiro atoms. The third kappa shape index (κ3) is 1.80. The molecule has 0 unspecified atom stereocenters. The smallest absolute Gasteiger partial charge is 0.110 e. The molecule has 3 rings (SSSR count). The van der Waals surface area contributed by atoms with Crippen molar-refractivity contribution in [3.63, 3.8) is 0 Å². The Hall–Kier alpha value is -0.740. The Morgan fingerprint density at radius 3 is 3.12 bits per heavy atom. The number of nitrogens with one attached hydrogen (secondary N) is 1. The average molecular weight is 295 g/mol. The maximum atomic E-state index is 4.33.